The number of hydrogen-bond donors (Lipinski definition) is 1. The molecule has 1 N–H and O–H groups in total. The second-order valence-corrected chi connectivity index (χ2v) is 4.50. The molecule has 2 heteroatoms. The van der Waals surface area contributed by atoms with Crippen molar-refractivity contribution in [3.05, 3.63) is 29.3 Å². The van der Waals surface area contributed by atoms with Gasteiger partial charge in [0.25, 0.3) is 0 Å². The topological polar surface area (TPSA) is 21.3 Å². The summed E-state index contributed by atoms with van der Waals surface area (Å²) in [6.07, 6.45) is 1.33. The largest absolute Gasteiger partial charge is 0.496 e. The number of nitrogens with one attached hydrogen (secondary N) is 1. The zero-order valence-corrected chi connectivity index (χ0v) is 9.71. The summed E-state index contributed by atoms with van der Waals surface area (Å²) in [5.41, 5.74) is 2.55. The van der Waals surface area contributed by atoms with Crippen LogP contribution in [0.1, 0.15) is 24.5 Å². The van der Waals surface area contributed by atoms with Gasteiger partial charge in [0, 0.05) is 12.6 Å². The van der Waals surface area contributed by atoms with Crippen molar-refractivity contribution in [2.24, 2.45) is 5.92 Å². The molecule has 0 amide bonds. The Kier molecular flexibility index (Phi) is 2.96. The van der Waals surface area contributed by atoms with Crippen LogP contribution in [-0.2, 0) is 6.54 Å². The van der Waals surface area contributed by atoms with E-state index >= 15 is 0 Å². The summed E-state index contributed by atoms with van der Waals surface area (Å²) in [5.74, 6) is 1.84. The zero-order chi connectivity index (χ0) is 10.8. The Bertz CT molecular complexity index is 348. The number of hydrogen-bond acceptors (Lipinski definition) is 2. The van der Waals surface area contributed by atoms with Crippen LogP contribution in [0.2, 0.25) is 0 Å². The standard InChI is InChI=1S/C13H19NO/c1-9-7-12(9)14-8-11-4-5-13(15-3)10(2)6-11/h4-6,9,12,14H,7-8H2,1-3H3. The highest BCUT2D eigenvalue weighted by Gasteiger charge is 2.31. The highest BCUT2D eigenvalue weighted by atomic mass is 16.5. The van der Waals surface area contributed by atoms with E-state index in [4.69, 9.17) is 4.74 Å². The van der Waals surface area contributed by atoms with Gasteiger partial charge in [0.2, 0.25) is 0 Å². The van der Waals surface area contributed by atoms with E-state index in [2.05, 4.69) is 31.3 Å². The Morgan fingerprint density at radius 3 is 2.73 bits per heavy atom. The second kappa shape index (κ2) is 4.23. The van der Waals surface area contributed by atoms with Gasteiger partial charge in [-0.3, -0.25) is 0 Å². The first kappa shape index (κ1) is 10.5. The molecule has 0 radical (unpaired) electrons. The van der Waals surface area contributed by atoms with Crippen LogP contribution >= 0.6 is 0 Å². The summed E-state index contributed by atoms with van der Waals surface area (Å²) in [6, 6.07) is 7.11. The van der Waals surface area contributed by atoms with E-state index < -0.39 is 0 Å². The van der Waals surface area contributed by atoms with Crippen LogP contribution in [0.15, 0.2) is 18.2 Å². The lowest BCUT2D eigenvalue weighted by Gasteiger charge is -2.08. The number of methoxy groups -OCH3 is 1. The van der Waals surface area contributed by atoms with Gasteiger partial charge < -0.3 is 10.1 Å². The van der Waals surface area contributed by atoms with Crippen molar-refractivity contribution in [1.29, 1.82) is 0 Å². The summed E-state index contributed by atoms with van der Waals surface area (Å²) in [7, 11) is 1.71. The van der Waals surface area contributed by atoms with Crippen LogP contribution in [0.4, 0.5) is 0 Å². The minimum atomic E-state index is 0.743. The van der Waals surface area contributed by atoms with Crippen LogP contribution in [0.3, 0.4) is 0 Å². The average molecular weight is 205 g/mol. The van der Waals surface area contributed by atoms with Crippen molar-refractivity contribution in [2.75, 3.05) is 7.11 Å². The number of ether oxygens (including phenoxy) is 1. The molecule has 0 bridgehead atoms. The summed E-state index contributed by atoms with van der Waals surface area (Å²) < 4.78 is 5.23. The third-order valence-corrected chi connectivity index (χ3v) is 3.14. The van der Waals surface area contributed by atoms with Crippen molar-refractivity contribution in [2.45, 2.75) is 32.9 Å². The molecular weight excluding hydrogens is 186 g/mol. The maximum atomic E-state index is 5.23. The minimum Gasteiger partial charge on any atom is -0.496 e. The first-order valence-electron chi connectivity index (χ1n) is 5.57. The fraction of sp³-hybridized carbons (Fsp3) is 0.538. The van der Waals surface area contributed by atoms with E-state index in [0.29, 0.717) is 0 Å². The fourth-order valence-corrected chi connectivity index (χ4v) is 1.91. The molecule has 1 aliphatic rings. The van der Waals surface area contributed by atoms with E-state index in [1.165, 1.54) is 17.5 Å². The summed E-state index contributed by atoms with van der Waals surface area (Å²) in [4.78, 5) is 0. The molecule has 2 rings (SSSR count). The van der Waals surface area contributed by atoms with E-state index in [0.717, 1.165) is 24.3 Å². The van der Waals surface area contributed by atoms with E-state index in [-0.39, 0.29) is 0 Å². The monoisotopic (exact) mass is 205 g/mol. The van der Waals surface area contributed by atoms with Crippen molar-refractivity contribution >= 4 is 0 Å². The van der Waals surface area contributed by atoms with E-state index in [1.807, 2.05) is 6.07 Å². The molecule has 15 heavy (non-hydrogen) atoms. The SMILES string of the molecule is COc1ccc(CNC2CC2C)cc1C. The van der Waals surface area contributed by atoms with Gasteiger partial charge >= 0.3 is 0 Å². The molecule has 0 aliphatic heterocycles. The zero-order valence-electron chi connectivity index (χ0n) is 9.71. The third-order valence-electron chi connectivity index (χ3n) is 3.14. The Morgan fingerprint density at radius 2 is 2.20 bits per heavy atom. The Labute approximate surface area is 91.6 Å². The molecule has 2 unspecified atom stereocenters. The molecule has 2 nitrogen and oxygen atoms in total. The smallest absolute Gasteiger partial charge is 0.121 e. The normalized spacial score (nSPS) is 23.9. The average Bonchev–Trinajstić information content (AvgIpc) is 2.92. The molecule has 2 atom stereocenters. The van der Waals surface area contributed by atoms with Gasteiger partial charge in [0.15, 0.2) is 0 Å². The van der Waals surface area contributed by atoms with E-state index in [1.54, 1.807) is 7.11 Å². The minimum absolute atomic E-state index is 0.743. The number of benzene rings is 1. The maximum Gasteiger partial charge on any atom is 0.121 e. The first-order chi connectivity index (χ1) is 7.20. The predicted molar refractivity (Wildman–Crippen MR) is 62.1 cm³/mol. The molecule has 0 heterocycles. The fourth-order valence-electron chi connectivity index (χ4n) is 1.91. The van der Waals surface area contributed by atoms with Crippen LogP contribution < -0.4 is 10.1 Å². The summed E-state index contributed by atoms with van der Waals surface area (Å²) >= 11 is 0. The van der Waals surface area contributed by atoms with Gasteiger partial charge in [-0.25, -0.2) is 0 Å². The van der Waals surface area contributed by atoms with Gasteiger partial charge in [0.05, 0.1) is 7.11 Å². The lowest BCUT2D eigenvalue weighted by molar-refractivity contribution is 0.411. The molecular formula is C13H19NO. The Morgan fingerprint density at radius 1 is 1.47 bits per heavy atom. The molecule has 1 aromatic carbocycles. The Hall–Kier alpha value is -1.02. The van der Waals surface area contributed by atoms with E-state index in [9.17, 15) is 0 Å². The molecule has 0 saturated heterocycles. The van der Waals surface area contributed by atoms with Crippen molar-refractivity contribution in [1.82, 2.24) is 5.32 Å². The molecule has 1 aliphatic carbocycles. The molecule has 1 fully saturated rings. The Balaban J connectivity index is 1.94. The van der Waals surface area contributed by atoms with Crippen LogP contribution in [-0.4, -0.2) is 13.2 Å². The summed E-state index contributed by atoms with van der Waals surface area (Å²) in [6.45, 7) is 5.35. The highest BCUT2D eigenvalue weighted by molar-refractivity contribution is 5.36. The van der Waals surface area contributed by atoms with Crippen molar-refractivity contribution in [3.8, 4) is 5.75 Å². The van der Waals surface area contributed by atoms with Crippen LogP contribution in [0.25, 0.3) is 0 Å². The first-order valence-corrected chi connectivity index (χ1v) is 5.57. The summed E-state index contributed by atoms with van der Waals surface area (Å²) in [5, 5.41) is 3.55. The van der Waals surface area contributed by atoms with Gasteiger partial charge in [-0.2, -0.15) is 0 Å². The van der Waals surface area contributed by atoms with Crippen molar-refractivity contribution < 1.29 is 4.74 Å². The molecule has 1 aromatic rings. The lowest BCUT2D eigenvalue weighted by Crippen LogP contribution is -2.17. The van der Waals surface area contributed by atoms with Gasteiger partial charge in [-0.1, -0.05) is 19.1 Å². The highest BCUT2D eigenvalue weighted by Crippen LogP contribution is 2.29. The van der Waals surface area contributed by atoms with Crippen LogP contribution in [0.5, 0.6) is 5.75 Å². The quantitative estimate of drug-likeness (QED) is 0.815. The maximum absolute atomic E-state index is 5.23. The number of rotatable bonds is 4. The van der Waals surface area contributed by atoms with Gasteiger partial charge in [0.1, 0.15) is 5.75 Å². The predicted octanol–water partition coefficient (Wildman–Crippen LogP) is 2.50. The van der Waals surface area contributed by atoms with Crippen molar-refractivity contribution in [3.63, 3.8) is 0 Å². The molecule has 82 valence electrons. The van der Waals surface area contributed by atoms with Gasteiger partial charge in [-0.15, -0.1) is 0 Å². The number of aryl methyl sites for hydroxylation is 1. The molecule has 0 spiro atoms. The molecule has 0 aromatic heterocycles. The second-order valence-electron chi connectivity index (χ2n) is 4.50. The van der Waals surface area contributed by atoms with Crippen LogP contribution in [0, 0.1) is 12.8 Å². The molecule has 1 saturated carbocycles. The van der Waals surface area contributed by atoms with Gasteiger partial charge in [-0.05, 0) is 36.5 Å². The lowest BCUT2D eigenvalue weighted by atomic mass is 10.1. The third kappa shape index (κ3) is 2.51.